The van der Waals surface area contributed by atoms with Gasteiger partial charge in [-0.25, -0.2) is 4.68 Å². The topological polar surface area (TPSA) is 92.1 Å². The van der Waals surface area contributed by atoms with Gasteiger partial charge in [-0.3, -0.25) is 9.59 Å². The van der Waals surface area contributed by atoms with E-state index in [0.717, 1.165) is 5.56 Å². The maximum atomic E-state index is 12.9. The summed E-state index contributed by atoms with van der Waals surface area (Å²) >= 11 is 0. The molecule has 0 N–H and O–H groups in total. The largest absolute Gasteiger partial charge is 0.467 e. The van der Waals surface area contributed by atoms with Gasteiger partial charge < -0.3 is 9.32 Å². The normalized spacial score (nSPS) is 10.3. The van der Waals surface area contributed by atoms with Gasteiger partial charge in [0, 0.05) is 12.6 Å². The number of nitriles is 1. The SMILES string of the molecule is N#CCCN(Cc1ccco1)C(=O)c1ccc(=O)n(Cc2ccccc2)n1. The molecule has 27 heavy (non-hydrogen) atoms. The number of benzene rings is 1. The van der Waals surface area contributed by atoms with E-state index in [1.165, 1.54) is 28.0 Å². The van der Waals surface area contributed by atoms with Crippen molar-refractivity contribution in [2.75, 3.05) is 6.54 Å². The molecule has 0 bridgehead atoms. The summed E-state index contributed by atoms with van der Waals surface area (Å²) in [4.78, 5) is 26.5. The maximum Gasteiger partial charge on any atom is 0.274 e. The standard InChI is InChI=1S/C20H18N4O3/c21-11-5-12-23(15-17-8-4-13-27-17)20(26)18-9-10-19(25)24(22-18)14-16-6-2-1-3-7-16/h1-4,6-10,13H,5,12,14-15H2. The first-order chi connectivity index (χ1) is 13.2. The summed E-state index contributed by atoms with van der Waals surface area (Å²) in [5.41, 5.74) is 0.772. The highest BCUT2D eigenvalue weighted by Crippen LogP contribution is 2.10. The van der Waals surface area contributed by atoms with Crippen LogP contribution in [0.1, 0.15) is 28.2 Å². The Balaban J connectivity index is 1.84. The van der Waals surface area contributed by atoms with Crippen LogP contribution >= 0.6 is 0 Å². The van der Waals surface area contributed by atoms with Crippen molar-refractivity contribution in [3.8, 4) is 6.07 Å². The number of hydrogen-bond acceptors (Lipinski definition) is 5. The van der Waals surface area contributed by atoms with Gasteiger partial charge in [-0.2, -0.15) is 10.4 Å². The first-order valence-corrected chi connectivity index (χ1v) is 8.48. The smallest absolute Gasteiger partial charge is 0.274 e. The van der Waals surface area contributed by atoms with Gasteiger partial charge in [-0.05, 0) is 23.8 Å². The van der Waals surface area contributed by atoms with Crippen LogP contribution in [0, 0.1) is 11.3 Å². The molecule has 3 aromatic rings. The van der Waals surface area contributed by atoms with Gasteiger partial charge in [0.25, 0.3) is 11.5 Å². The fraction of sp³-hybridized carbons (Fsp3) is 0.200. The molecular formula is C20H18N4O3. The van der Waals surface area contributed by atoms with E-state index in [1.54, 1.807) is 12.1 Å². The predicted molar refractivity (Wildman–Crippen MR) is 97.7 cm³/mol. The van der Waals surface area contributed by atoms with Crippen molar-refractivity contribution in [1.82, 2.24) is 14.7 Å². The Hall–Kier alpha value is -3.66. The molecule has 7 heteroatoms. The number of carbonyl (C=O) groups is 1. The summed E-state index contributed by atoms with van der Waals surface area (Å²) in [6.07, 6.45) is 1.72. The number of amides is 1. The van der Waals surface area contributed by atoms with Crippen molar-refractivity contribution in [2.24, 2.45) is 0 Å². The fourth-order valence-corrected chi connectivity index (χ4v) is 2.62. The van der Waals surface area contributed by atoms with E-state index in [2.05, 4.69) is 5.10 Å². The third kappa shape index (κ3) is 4.70. The van der Waals surface area contributed by atoms with Crippen molar-refractivity contribution in [3.63, 3.8) is 0 Å². The Morgan fingerprint density at radius 2 is 1.96 bits per heavy atom. The molecule has 0 aliphatic heterocycles. The van der Waals surface area contributed by atoms with E-state index in [4.69, 9.17) is 9.68 Å². The van der Waals surface area contributed by atoms with Crippen LogP contribution in [-0.2, 0) is 13.1 Å². The summed E-state index contributed by atoms with van der Waals surface area (Å²) in [6.45, 7) is 0.750. The minimum absolute atomic E-state index is 0.148. The molecule has 3 rings (SSSR count). The minimum Gasteiger partial charge on any atom is -0.467 e. The molecule has 0 fully saturated rings. The van der Waals surface area contributed by atoms with Gasteiger partial charge in [0.05, 0.1) is 31.8 Å². The monoisotopic (exact) mass is 362 g/mol. The number of nitrogens with zero attached hydrogens (tertiary/aromatic N) is 4. The zero-order valence-corrected chi connectivity index (χ0v) is 14.6. The van der Waals surface area contributed by atoms with Crippen LogP contribution in [0.4, 0.5) is 0 Å². The first-order valence-electron chi connectivity index (χ1n) is 8.48. The zero-order valence-electron chi connectivity index (χ0n) is 14.6. The summed E-state index contributed by atoms with van der Waals surface area (Å²) in [7, 11) is 0. The lowest BCUT2D eigenvalue weighted by molar-refractivity contribution is 0.0726. The predicted octanol–water partition coefficient (Wildman–Crippen LogP) is 2.44. The lowest BCUT2D eigenvalue weighted by atomic mass is 10.2. The van der Waals surface area contributed by atoms with Gasteiger partial charge in [0.1, 0.15) is 11.5 Å². The van der Waals surface area contributed by atoms with Crippen LogP contribution < -0.4 is 5.56 Å². The molecule has 0 atom stereocenters. The van der Waals surface area contributed by atoms with Crippen molar-refractivity contribution in [2.45, 2.75) is 19.5 Å². The number of furan rings is 1. The average molecular weight is 362 g/mol. The van der Waals surface area contributed by atoms with Crippen LogP contribution in [0.3, 0.4) is 0 Å². The molecule has 1 aromatic carbocycles. The lowest BCUT2D eigenvalue weighted by Gasteiger charge is -2.20. The van der Waals surface area contributed by atoms with Gasteiger partial charge in [0.15, 0.2) is 0 Å². The molecule has 7 nitrogen and oxygen atoms in total. The fourth-order valence-electron chi connectivity index (χ4n) is 2.62. The molecule has 1 amide bonds. The van der Waals surface area contributed by atoms with E-state index in [-0.39, 0.29) is 43.2 Å². The first kappa shape index (κ1) is 18.1. The number of hydrogen-bond donors (Lipinski definition) is 0. The van der Waals surface area contributed by atoms with Gasteiger partial charge in [-0.1, -0.05) is 30.3 Å². The summed E-state index contributed by atoms with van der Waals surface area (Å²) < 4.78 is 6.56. The molecule has 0 radical (unpaired) electrons. The number of rotatable bonds is 7. The van der Waals surface area contributed by atoms with Crippen molar-refractivity contribution in [1.29, 1.82) is 5.26 Å². The van der Waals surface area contributed by atoms with Crippen LogP contribution in [0.25, 0.3) is 0 Å². The van der Waals surface area contributed by atoms with E-state index in [9.17, 15) is 9.59 Å². The highest BCUT2D eigenvalue weighted by Gasteiger charge is 2.19. The molecule has 0 aliphatic rings. The highest BCUT2D eigenvalue weighted by atomic mass is 16.3. The Morgan fingerprint density at radius 3 is 2.67 bits per heavy atom. The summed E-state index contributed by atoms with van der Waals surface area (Å²) in [5.74, 6) is 0.252. The number of aromatic nitrogens is 2. The number of carbonyl (C=O) groups excluding carboxylic acids is 1. The lowest BCUT2D eigenvalue weighted by Crippen LogP contribution is -2.34. The molecule has 0 unspecified atom stereocenters. The zero-order chi connectivity index (χ0) is 19.1. The third-order valence-electron chi connectivity index (χ3n) is 3.97. The van der Waals surface area contributed by atoms with E-state index >= 15 is 0 Å². The Labute approximate surface area is 156 Å². The highest BCUT2D eigenvalue weighted by molar-refractivity contribution is 5.92. The second kappa shape index (κ2) is 8.63. The molecule has 0 spiro atoms. The Bertz CT molecular complexity index is 988. The maximum absolute atomic E-state index is 12.9. The van der Waals surface area contributed by atoms with Crippen LogP contribution in [0.2, 0.25) is 0 Å². The van der Waals surface area contributed by atoms with Crippen molar-refractivity contribution in [3.05, 3.63) is 88.2 Å². The molecule has 0 saturated carbocycles. The van der Waals surface area contributed by atoms with Crippen LogP contribution in [0.5, 0.6) is 0 Å². The van der Waals surface area contributed by atoms with Gasteiger partial charge >= 0.3 is 0 Å². The second-order valence-corrected chi connectivity index (χ2v) is 5.91. The van der Waals surface area contributed by atoms with Crippen molar-refractivity contribution >= 4 is 5.91 Å². The average Bonchev–Trinajstić information content (AvgIpc) is 3.20. The van der Waals surface area contributed by atoms with Gasteiger partial charge in [-0.15, -0.1) is 0 Å². The van der Waals surface area contributed by atoms with Crippen molar-refractivity contribution < 1.29 is 9.21 Å². The van der Waals surface area contributed by atoms with Crippen LogP contribution in [0.15, 0.2) is 70.1 Å². The van der Waals surface area contributed by atoms with Crippen LogP contribution in [-0.4, -0.2) is 27.1 Å². The summed E-state index contributed by atoms with van der Waals surface area (Å²) in [6, 6.07) is 17.7. The molecule has 0 saturated heterocycles. The van der Waals surface area contributed by atoms with E-state index in [1.807, 2.05) is 36.4 Å². The Kier molecular flexibility index (Phi) is 5.80. The quantitative estimate of drug-likeness (QED) is 0.644. The summed E-state index contributed by atoms with van der Waals surface area (Å²) in [5, 5.41) is 13.1. The molecular weight excluding hydrogens is 344 g/mol. The van der Waals surface area contributed by atoms with Gasteiger partial charge in [0.2, 0.25) is 0 Å². The third-order valence-corrected chi connectivity index (χ3v) is 3.97. The molecule has 0 aliphatic carbocycles. The molecule has 2 heterocycles. The van der Waals surface area contributed by atoms with E-state index < -0.39 is 0 Å². The van der Waals surface area contributed by atoms with E-state index in [0.29, 0.717) is 5.76 Å². The second-order valence-electron chi connectivity index (χ2n) is 5.91. The Morgan fingerprint density at radius 1 is 1.15 bits per heavy atom. The minimum atomic E-state index is -0.358. The molecule has 2 aromatic heterocycles. The molecule has 136 valence electrons.